The molecule has 118 valence electrons. The van der Waals surface area contributed by atoms with Crippen molar-refractivity contribution in [3.63, 3.8) is 0 Å². The fourth-order valence-corrected chi connectivity index (χ4v) is 3.74. The van der Waals surface area contributed by atoms with E-state index < -0.39 is 11.6 Å². The molecule has 0 saturated heterocycles. The van der Waals surface area contributed by atoms with E-state index in [1.807, 2.05) is 7.05 Å². The van der Waals surface area contributed by atoms with Crippen molar-refractivity contribution in [1.29, 1.82) is 0 Å². The highest BCUT2D eigenvalue weighted by atomic mass is 19.1. The number of hydrogen-bond donors (Lipinski definition) is 1. The van der Waals surface area contributed by atoms with E-state index in [1.165, 1.54) is 18.2 Å². The summed E-state index contributed by atoms with van der Waals surface area (Å²) >= 11 is 0. The van der Waals surface area contributed by atoms with E-state index in [2.05, 4.69) is 26.1 Å². The van der Waals surface area contributed by atoms with Crippen molar-refractivity contribution in [2.75, 3.05) is 13.6 Å². The van der Waals surface area contributed by atoms with Gasteiger partial charge in [0.05, 0.1) is 0 Å². The molecule has 1 aliphatic carbocycles. The van der Waals surface area contributed by atoms with Crippen molar-refractivity contribution in [3.05, 3.63) is 35.4 Å². The summed E-state index contributed by atoms with van der Waals surface area (Å²) in [6.07, 6.45) is 3.04. The Morgan fingerprint density at radius 2 is 1.76 bits per heavy atom. The van der Waals surface area contributed by atoms with Gasteiger partial charge in [-0.15, -0.1) is 0 Å². The van der Waals surface area contributed by atoms with Gasteiger partial charge in [0.15, 0.2) is 0 Å². The minimum absolute atomic E-state index is 0.0309. The third-order valence-electron chi connectivity index (χ3n) is 5.05. The molecule has 3 unspecified atom stereocenters. The van der Waals surface area contributed by atoms with E-state index in [9.17, 15) is 8.78 Å². The van der Waals surface area contributed by atoms with Crippen LogP contribution in [-0.2, 0) is 0 Å². The SMILES string of the molecule is CNCC1CCC(C(C)(C)C)CC1c1c(F)cccc1F. The fourth-order valence-electron chi connectivity index (χ4n) is 3.74. The summed E-state index contributed by atoms with van der Waals surface area (Å²) in [5.74, 6) is -0.00226. The lowest BCUT2D eigenvalue weighted by Crippen LogP contribution is -2.35. The second-order valence-electron chi connectivity index (χ2n) is 7.44. The van der Waals surface area contributed by atoms with Gasteiger partial charge in [0.25, 0.3) is 0 Å². The van der Waals surface area contributed by atoms with Crippen LogP contribution in [0.3, 0.4) is 0 Å². The van der Waals surface area contributed by atoms with Crippen LogP contribution in [0.5, 0.6) is 0 Å². The smallest absolute Gasteiger partial charge is 0.129 e. The molecule has 1 nitrogen and oxygen atoms in total. The molecule has 21 heavy (non-hydrogen) atoms. The van der Waals surface area contributed by atoms with Gasteiger partial charge in [-0.05, 0) is 68.2 Å². The highest BCUT2D eigenvalue weighted by molar-refractivity contribution is 5.25. The summed E-state index contributed by atoms with van der Waals surface area (Å²) in [4.78, 5) is 0. The van der Waals surface area contributed by atoms with Gasteiger partial charge in [0.2, 0.25) is 0 Å². The molecular formula is C18H27F2N. The first-order chi connectivity index (χ1) is 9.84. The van der Waals surface area contributed by atoms with Crippen LogP contribution < -0.4 is 5.32 Å². The Morgan fingerprint density at radius 1 is 1.14 bits per heavy atom. The summed E-state index contributed by atoms with van der Waals surface area (Å²) < 4.78 is 28.4. The maximum absolute atomic E-state index is 14.2. The molecule has 0 heterocycles. The summed E-state index contributed by atoms with van der Waals surface area (Å²) in [5.41, 5.74) is 0.483. The average Bonchev–Trinajstić information content (AvgIpc) is 2.39. The molecule has 0 spiro atoms. The number of rotatable bonds is 3. The van der Waals surface area contributed by atoms with Crippen molar-refractivity contribution in [2.24, 2.45) is 17.3 Å². The second-order valence-corrected chi connectivity index (χ2v) is 7.44. The molecule has 0 amide bonds. The van der Waals surface area contributed by atoms with Crippen LogP contribution in [0.25, 0.3) is 0 Å². The average molecular weight is 295 g/mol. The van der Waals surface area contributed by atoms with Gasteiger partial charge in [0.1, 0.15) is 11.6 Å². The first kappa shape index (κ1) is 16.4. The van der Waals surface area contributed by atoms with Gasteiger partial charge < -0.3 is 5.32 Å². The molecule has 3 atom stereocenters. The minimum Gasteiger partial charge on any atom is -0.319 e. The van der Waals surface area contributed by atoms with Crippen LogP contribution >= 0.6 is 0 Å². The molecule has 3 heteroatoms. The Morgan fingerprint density at radius 3 is 2.29 bits per heavy atom. The molecule has 1 fully saturated rings. The molecule has 0 aliphatic heterocycles. The number of hydrogen-bond acceptors (Lipinski definition) is 1. The van der Waals surface area contributed by atoms with Crippen LogP contribution in [-0.4, -0.2) is 13.6 Å². The summed E-state index contributed by atoms with van der Waals surface area (Å²) in [5, 5.41) is 3.18. The number of benzene rings is 1. The van der Waals surface area contributed by atoms with E-state index >= 15 is 0 Å². The third-order valence-corrected chi connectivity index (χ3v) is 5.05. The van der Waals surface area contributed by atoms with Gasteiger partial charge in [-0.1, -0.05) is 26.8 Å². The van der Waals surface area contributed by atoms with E-state index in [0.717, 1.165) is 25.8 Å². The van der Waals surface area contributed by atoms with Gasteiger partial charge in [-0.25, -0.2) is 8.78 Å². The van der Waals surface area contributed by atoms with Crippen LogP contribution in [0.2, 0.25) is 0 Å². The first-order valence-electron chi connectivity index (χ1n) is 7.93. The van der Waals surface area contributed by atoms with Crippen molar-refractivity contribution < 1.29 is 8.78 Å². The number of halogens is 2. The molecule has 0 aromatic heterocycles. The summed E-state index contributed by atoms with van der Waals surface area (Å²) in [6.45, 7) is 7.50. The van der Waals surface area contributed by atoms with Crippen LogP contribution in [0.15, 0.2) is 18.2 Å². The lowest BCUT2D eigenvalue weighted by atomic mass is 9.64. The molecule has 1 aliphatic rings. The Hall–Kier alpha value is -0.960. The van der Waals surface area contributed by atoms with Crippen molar-refractivity contribution in [1.82, 2.24) is 5.32 Å². The molecule has 1 saturated carbocycles. The largest absolute Gasteiger partial charge is 0.319 e. The predicted molar refractivity (Wildman–Crippen MR) is 83.3 cm³/mol. The van der Waals surface area contributed by atoms with Crippen LogP contribution in [0.1, 0.15) is 51.5 Å². The Balaban J connectivity index is 2.34. The lowest BCUT2D eigenvalue weighted by Gasteiger charge is -2.42. The van der Waals surface area contributed by atoms with E-state index in [1.54, 1.807) is 0 Å². The molecule has 0 bridgehead atoms. The minimum atomic E-state index is -0.393. The van der Waals surface area contributed by atoms with Gasteiger partial charge in [-0.2, -0.15) is 0 Å². The molecule has 0 radical (unpaired) electrons. The molecule has 1 N–H and O–H groups in total. The third kappa shape index (κ3) is 3.63. The lowest BCUT2D eigenvalue weighted by molar-refractivity contribution is 0.127. The van der Waals surface area contributed by atoms with Gasteiger partial charge in [0, 0.05) is 5.56 Å². The van der Waals surface area contributed by atoms with E-state index in [0.29, 0.717) is 17.4 Å². The zero-order chi connectivity index (χ0) is 15.6. The van der Waals surface area contributed by atoms with E-state index in [-0.39, 0.29) is 11.3 Å². The zero-order valence-corrected chi connectivity index (χ0v) is 13.5. The standard InChI is InChI=1S/C18H27F2N/c1-18(2,3)13-9-8-12(11-21-4)14(10-13)17-15(19)6-5-7-16(17)20/h5-7,12-14,21H,8-11H2,1-4H3. The van der Waals surface area contributed by atoms with Crippen molar-refractivity contribution >= 4 is 0 Å². The fraction of sp³-hybridized carbons (Fsp3) is 0.667. The Labute approximate surface area is 127 Å². The maximum Gasteiger partial charge on any atom is 0.129 e. The highest BCUT2D eigenvalue weighted by Gasteiger charge is 2.38. The summed E-state index contributed by atoms with van der Waals surface area (Å²) in [6, 6.07) is 4.22. The van der Waals surface area contributed by atoms with Crippen molar-refractivity contribution in [2.45, 2.75) is 46.0 Å². The van der Waals surface area contributed by atoms with Crippen LogP contribution in [0, 0.1) is 28.9 Å². The topological polar surface area (TPSA) is 12.0 Å². The van der Waals surface area contributed by atoms with Crippen LogP contribution in [0.4, 0.5) is 8.78 Å². The van der Waals surface area contributed by atoms with Gasteiger partial charge in [-0.3, -0.25) is 0 Å². The first-order valence-corrected chi connectivity index (χ1v) is 7.93. The molecule has 1 aromatic rings. The Bertz CT molecular complexity index is 458. The monoisotopic (exact) mass is 295 g/mol. The van der Waals surface area contributed by atoms with Crippen molar-refractivity contribution in [3.8, 4) is 0 Å². The molecule has 2 rings (SSSR count). The molecule has 1 aromatic carbocycles. The summed E-state index contributed by atoms with van der Waals surface area (Å²) in [7, 11) is 1.91. The maximum atomic E-state index is 14.2. The normalized spacial score (nSPS) is 26.9. The van der Waals surface area contributed by atoms with Gasteiger partial charge >= 0.3 is 0 Å². The highest BCUT2D eigenvalue weighted by Crippen LogP contribution is 2.47. The Kier molecular flexibility index (Phi) is 5.03. The number of nitrogens with one attached hydrogen (secondary N) is 1. The second kappa shape index (κ2) is 6.43. The predicted octanol–water partition coefficient (Wildman–Crippen LogP) is 4.73. The zero-order valence-electron chi connectivity index (χ0n) is 13.5. The molecular weight excluding hydrogens is 268 g/mol. The quantitative estimate of drug-likeness (QED) is 0.850. The van der Waals surface area contributed by atoms with E-state index in [4.69, 9.17) is 0 Å².